The molecule has 0 aliphatic heterocycles. The van der Waals surface area contributed by atoms with Crippen LogP contribution in [0.15, 0.2) is 23.5 Å². The Bertz CT molecular complexity index is 498. The molecule has 2 heterocycles. The van der Waals surface area contributed by atoms with Crippen LogP contribution in [0.25, 0.3) is 0 Å². The lowest BCUT2D eigenvalue weighted by Crippen LogP contribution is -2.02. The van der Waals surface area contributed by atoms with Gasteiger partial charge in [0.15, 0.2) is 0 Å². The molecule has 0 aromatic carbocycles. The highest BCUT2D eigenvalue weighted by molar-refractivity contribution is 7.98. The third-order valence-electron chi connectivity index (χ3n) is 2.33. The molecule has 0 saturated heterocycles. The molecular weight excluding hydrogens is 248 g/mol. The molecule has 6 nitrogen and oxygen atoms in total. The lowest BCUT2D eigenvalue weighted by Gasteiger charge is -2.05. The summed E-state index contributed by atoms with van der Waals surface area (Å²) in [5.74, 6) is 1.75. The Morgan fingerprint density at radius 3 is 3.06 bits per heavy atom. The molecule has 0 spiro atoms. The minimum Gasteiger partial charge on any atom is -0.370 e. The molecule has 0 fully saturated rings. The van der Waals surface area contributed by atoms with E-state index in [-0.39, 0.29) is 0 Å². The van der Waals surface area contributed by atoms with Crippen LogP contribution >= 0.6 is 11.8 Å². The maximum atomic E-state index is 4.27. The summed E-state index contributed by atoms with van der Waals surface area (Å²) in [6.07, 6.45) is 2.91. The van der Waals surface area contributed by atoms with E-state index in [1.54, 1.807) is 16.4 Å². The first-order valence-electron chi connectivity index (χ1n) is 5.83. The first-order valence-corrected chi connectivity index (χ1v) is 6.82. The molecule has 0 saturated carbocycles. The summed E-state index contributed by atoms with van der Waals surface area (Å²) < 4.78 is 1.67. The number of aromatic nitrogens is 5. The SMILES string of the molecule is CCCNc1cc(CSc2nnnn2C)ccn1. The van der Waals surface area contributed by atoms with Gasteiger partial charge in [-0.15, -0.1) is 5.10 Å². The minimum absolute atomic E-state index is 0.815. The Kier molecular flexibility index (Phi) is 4.52. The average Bonchev–Trinajstić information content (AvgIpc) is 2.80. The zero-order valence-corrected chi connectivity index (χ0v) is 11.3. The molecule has 0 unspecified atom stereocenters. The van der Waals surface area contributed by atoms with Crippen LogP contribution in [0, 0.1) is 0 Å². The third-order valence-corrected chi connectivity index (χ3v) is 3.41. The molecule has 2 aromatic heterocycles. The number of nitrogens with one attached hydrogen (secondary N) is 1. The lowest BCUT2D eigenvalue weighted by atomic mass is 10.3. The molecular formula is C11H16N6S. The van der Waals surface area contributed by atoms with Gasteiger partial charge < -0.3 is 5.32 Å². The predicted molar refractivity (Wildman–Crippen MR) is 71.4 cm³/mol. The van der Waals surface area contributed by atoms with Crippen molar-refractivity contribution in [2.75, 3.05) is 11.9 Å². The Hall–Kier alpha value is -1.63. The summed E-state index contributed by atoms with van der Waals surface area (Å²) in [4.78, 5) is 4.27. The quantitative estimate of drug-likeness (QED) is 0.801. The Balaban J connectivity index is 1.95. The minimum atomic E-state index is 0.815. The second kappa shape index (κ2) is 6.34. The Morgan fingerprint density at radius 1 is 1.44 bits per heavy atom. The Labute approximate surface area is 110 Å². The van der Waals surface area contributed by atoms with Gasteiger partial charge in [-0.05, 0) is 34.5 Å². The summed E-state index contributed by atoms with van der Waals surface area (Å²) in [5.41, 5.74) is 1.21. The maximum absolute atomic E-state index is 4.27. The van der Waals surface area contributed by atoms with Crippen molar-refractivity contribution in [3.63, 3.8) is 0 Å². The molecule has 0 aliphatic carbocycles. The lowest BCUT2D eigenvalue weighted by molar-refractivity contribution is 0.664. The average molecular weight is 264 g/mol. The van der Waals surface area contributed by atoms with Crippen LogP contribution in [0.1, 0.15) is 18.9 Å². The van der Waals surface area contributed by atoms with Crippen LogP contribution in [0.4, 0.5) is 5.82 Å². The van der Waals surface area contributed by atoms with Crippen molar-refractivity contribution in [3.05, 3.63) is 23.9 Å². The molecule has 2 aromatic rings. The van der Waals surface area contributed by atoms with Gasteiger partial charge in [0.25, 0.3) is 0 Å². The van der Waals surface area contributed by atoms with Crippen molar-refractivity contribution in [1.29, 1.82) is 0 Å². The molecule has 2 rings (SSSR count). The first-order chi connectivity index (χ1) is 8.79. The maximum Gasteiger partial charge on any atom is 0.209 e. The zero-order chi connectivity index (χ0) is 12.8. The van der Waals surface area contributed by atoms with E-state index < -0.39 is 0 Å². The van der Waals surface area contributed by atoms with Gasteiger partial charge in [0.05, 0.1) is 0 Å². The molecule has 0 radical (unpaired) electrons. The summed E-state index contributed by atoms with van der Waals surface area (Å²) in [7, 11) is 1.84. The van der Waals surface area contributed by atoms with Crippen molar-refractivity contribution >= 4 is 17.6 Å². The van der Waals surface area contributed by atoms with E-state index >= 15 is 0 Å². The van der Waals surface area contributed by atoms with Crippen molar-refractivity contribution in [2.24, 2.45) is 7.05 Å². The third kappa shape index (κ3) is 3.43. The van der Waals surface area contributed by atoms with Gasteiger partial charge >= 0.3 is 0 Å². The van der Waals surface area contributed by atoms with Crippen molar-refractivity contribution in [3.8, 4) is 0 Å². The standard InChI is InChI=1S/C11H16N6S/c1-3-5-12-10-7-9(4-6-13-10)8-18-11-14-15-16-17(11)2/h4,6-7H,3,5,8H2,1-2H3,(H,12,13). The van der Waals surface area contributed by atoms with Gasteiger partial charge in [0.2, 0.25) is 5.16 Å². The van der Waals surface area contributed by atoms with Crippen LogP contribution in [0.2, 0.25) is 0 Å². The monoisotopic (exact) mass is 264 g/mol. The molecule has 0 amide bonds. The van der Waals surface area contributed by atoms with Crippen LogP contribution in [-0.4, -0.2) is 31.7 Å². The van der Waals surface area contributed by atoms with Crippen LogP contribution in [0.5, 0.6) is 0 Å². The van der Waals surface area contributed by atoms with Crippen LogP contribution < -0.4 is 5.32 Å². The molecule has 0 atom stereocenters. The number of rotatable bonds is 6. The van der Waals surface area contributed by atoms with Crippen molar-refractivity contribution < 1.29 is 0 Å². The topological polar surface area (TPSA) is 68.5 Å². The van der Waals surface area contributed by atoms with Crippen molar-refractivity contribution in [2.45, 2.75) is 24.3 Å². The van der Waals surface area contributed by atoms with E-state index in [4.69, 9.17) is 0 Å². The van der Waals surface area contributed by atoms with Crippen LogP contribution in [0.3, 0.4) is 0 Å². The van der Waals surface area contributed by atoms with E-state index in [0.717, 1.165) is 29.7 Å². The molecule has 7 heteroatoms. The fourth-order valence-corrected chi connectivity index (χ4v) is 2.20. The highest BCUT2D eigenvalue weighted by Gasteiger charge is 2.04. The number of nitrogens with zero attached hydrogens (tertiary/aromatic N) is 5. The molecule has 18 heavy (non-hydrogen) atoms. The number of thioether (sulfide) groups is 1. The van der Waals surface area contributed by atoms with Gasteiger partial charge in [0.1, 0.15) is 5.82 Å². The molecule has 0 aliphatic rings. The highest BCUT2D eigenvalue weighted by Crippen LogP contribution is 2.20. The smallest absolute Gasteiger partial charge is 0.209 e. The number of tetrazole rings is 1. The van der Waals surface area contributed by atoms with Gasteiger partial charge in [-0.1, -0.05) is 18.7 Å². The van der Waals surface area contributed by atoms with Gasteiger partial charge in [-0.3, -0.25) is 0 Å². The van der Waals surface area contributed by atoms with Crippen molar-refractivity contribution in [1.82, 2.24) is 25.2 Å². The largest absolute Gasteiger partial charge is 0.370 e. The van der Waals surface area contributed by atoms with E-state index in [0.29, 0.717) is 0 Å². The fourth-order valence-electron chi connectivity index (χ4n) is 1.41. The summed E-state index contributed by atoms with van der Waals surface area (Å²) in [6, 6.07) is 4.07. The number of hydrogen-bond acceptors (Lipinski definition) is 6. The molecule has 0 bridgehead atoms. The number of anilines is 1. The van der Waals surface area contributed by atoms with E-state index in [1.807, 2.05) is 19.3 Å². The van der Waals surface area contributed by atoms with E-state index in [1.165, 1.54) is 5.56 Å². The Morgan fingerprint density at radius 2 is 2.33 bits per heavy atom. The first kappa shape index (κ1) is 12.8. The number of aryl methyl sites for hydroxylation is 1. The predicted octanol–water partition coefficient (Wildman–Crippen LogP) is 1.72. The normalized spacial score (nSPS) is 10.6. The summed E-state index contributed by atoms with van der Waals surface area (Å²) in [5, 5.41) is 15.4. The summed E-state index contributed by atoms with van der Waals surface area (Å²) >= 11 is 1.61. The molecule has 96 valence electrons. The van der Waals surface area contributed by atoms with Gasteiger partial charge in [0, 0.05) is 25.5 Å². The highest BCUT2D eigenvalue weighted by atomic mass is 32.2. The van der Waals surface area contributed by atoms with E-state index in [2.05, 4.69) is 38.8 Å². The number of pyridine rings is 1. The fraction of sp³-hybridized carbons (Fsp3) is 0.455. The van der Waals surface area contributed by atoms with Gasteiger partial charge in [-0.2, -0.15) is 0 Å². The molecule has 1 N–H and O–H groups in total. The summed E-state index contributed by atoms with van der Waals surface area (Å²) in [6.45, 7) is 3.07. The number of hydrogen-bond donors (Lipinski definition) is 1. The zero-order valence-electron chi connectivity index (χ0n) is 10.5. The van der Waals surface area contributed by atoms with E-state index in [9.17, 15) is 0 Å². The second-order valence-corrected chi connectivity index (χ2v) is 4.79. The van der Waals surface area contributed by atoms with Crippen LogP contribution in [-0.2, 0) is 12.8 Å². The second-order valence-electron chi connectivity index (χ2n) is 3.85. The van der Waals surface area contributed by atoms with Gasteiger partial charge in [-0.25, -0.2) is 9.67 Å².